The Morgan fingerprint density at radius 3 is 2.47 bits per heavy atom. The summed E-state index contributed by atoms with van der Waals surface area (Å²) in [6, 6.07) is 2.52. The predicted octanol–water partition coefficient (Wildman–Crippen LogP) is 3.19. The van der Waals surface area contributed by atoms with Crippen molar-refractivity contribution in [1.82, 2.24) is 9.78 Å². The van der Waals surface area contributed by atoms with Gasteiger partial charge in [-0.25, -0.2) is 0 Å². The summed E-state index contributed by atoms with van der Waals surface area (Å²) in [5, 5.41) is 14.4. The van der Waals surface area contributed by atoms with Crippen molar-refractivity contribution in [3.05, 3.63) is 18.0 Å². The largest absolute Gasteiger partial charge is 0.393 e. The first kappa shape index (κ1) is 14.2. The fourth-order valence-corrected chi connectivity index (χ4v) is 2.22. The lowest BCUT2D eigenvalue weighted by Gasteiger charge is -2.13. The third-order valence-corrected chi connectivity index (χ3v) is 3.17. The molecular weight excluding hydrogens is 212 g/mol. The van der Waals surface area contributed by atoms with E-state index < -0.39 is 0 Å². The van der Waals surface area contributed by atoms with Gasteiger partial charge in [0.05, 0.1) is 17.8 Å². The van der Waals surface area contributed by atoms with Crippen molar-refractivity contribution in [2.45, 2.75) is 65.5 Å². The summed E-state index contributed by atoms with van der Waals surface area (Å²) < 4.78 is 2.04. The smallest absolute Gasteiger partial charge is 0.0650 e. The molecule has 1 heterocycles. The maximum absolute atomic E-state index is 9.89. The van der Waals surface area contributed by atoms with Crippen LogP contribution in [-0.4, -0.2) is 21.0 Å². The number of hydrogen-bond donors (Lipinski definition) is 1. The molecule has 0 saturated carbocycles. The Hall–Kier alpha value is -0.830. The Morgan fingerprint density at radius 2 is 1.94 bits per heavy atom. The van der Waals surface area contributed by atoms with Crippen molar-refractivity contribution in [3.63, 3.8) is 0 Å². The van der Waals surface area contributed by atoms with Gasteiger partial charge in [0, 0.05) is 12.6 Å². The van der Waals surface area contributed by atoms with Gasteiger partial charge in [0.1, 0.15) is 0 Å². The van der Waals surface area contributed by atoms with Crippen molar-refractivity contribution in [2.75, 3.05) is 0 Å². The average molecular weight is 238 g/mol. The maximum atomic E-state index is 9.89. The fraction of sp³-hybridized carbons (Fsp3) is 0.786. The summed E-state index contributed by atoms with van der Waals surface area (Å²) >= 11 is 0. The van der Waals surface area contributed by atoms with Gasteiger partial charge in [0.2, 0.25) is 0 Å². The molecule has 0 bridgehead atoms. The van der Waals surface area contributed by atoms with Crippen LogP contribution in [0.4, 0.5) is 0 Å². The van der Waals surface area contributed by atoms with E-state index in [0.29, 0.717) is 18.4 Å². The highest BCUT2D eigenvalue weighted by Gasteiger charge is 2.12. The van der Waals surface area contributed by atoms with Gasteiger partial charge in [-0.05, 0) is 31.2 Å². The first-order valence-electron chi connectivity index (χ1n) is 6.78. The minimum absolute atomic E-state index is 0.264. The minimum atomic E-state index is -0.264. The second kappa shape index (κ2) is 6.80. The van der Waals surface area contributed by atoms with Crippen LogP contribution >= 0.6 is 0 Å². The molecule has 0 spiro atoms. The molecule has 0 fully saturated rings. The minimum Gasteiger partial charge on any atom is -0.393 e. The highest BCUT2D eigenvalue weighted by molar-refractivity contribution is 5.01. The molecule has 1 unspecified atom stereocenters. The third-order valence-electron chi connectivity index (χ3n) is 3.17. The number of aliphatic hydroxyl groups excluding tert-OH is 1. The molecular formula is C14H26N2O. The Balaban J connectivity index is 2.56. The van der Waals surface area contributed by atoms with Crippen LogP contribution in [0, 0.1) is 5.92 Å². The SMILES string of the molecule is CCC(CC)n1ccc(CC(O)CC(C)C)n1. The topological polar surface area (TPSA) is 38.0 Å². The van der Waals surface area contributed by atoms with Gasteiger partial charge >= 0.3 is 0 Å². The summed E-state index contributed by atoms with van der Waals surface area (Å²) in [6.07, 6.45) is 5.50. The number of aliphatic hydroxyl groups is 1. The van der Waals surface area contributed by atoms with Crippen LogP contribution in [0.15, 0.2) is 12.3 Å². The molecule has 1 aromatic rings. The molecule has 1 rings (SSSR count). The second-order valence-electron chi connectivity index (χ2n) is 5.24. The monoisotopic (exact) mass is 238 g/mol. The highest BCUT2D eigenvalue weighted by atomic mass is 16.3. The maximum Gasteiger partial charge on any atom is 0.0650 e. The van der Waals surface area contributed by atoms with Crippen LogP contribution < -0.4 is 0 Å². The number of aromatic nitrogens is 2. The molecule has 17 heavy (non-hydrogen) atoms. The van der Waals surface area contributed by atoms with Crippen molar-refractivity contribution >= 4 is 0 Å². The van der Waals surface area contributed by atoms with Crippen LogP contribution in [0.3, 0.4) is 0 Å². The van der Waals surface area contributed by atoms with E-state index in [-0.39, 0.29) is 6.10 Å². The van der Waals surface area contributed by atoms with Crippen LogP contribution in [0.2, 0.25) is 0 Å². The van der Waals surface area contributed by atoms with Crippen molar-refractivity contribution in [1.29, 1.82) is 0 Å². The lowest BCUT2D eigenvalue weighted by Crippen LogP contribution is -2.14. The first-order chi connectivity index (χ1) is 8.06. The summed E-state index contributed by atoms with van der Waals surface area (Å²) in [7, 11) is 0. The Morgan fingerprint density at radius 1 is 1.29 bits per heavy atom. The zero-order valence-corrected chi connectivity index (χ0v) is 11.6. The van der Waals surface area contributed by atoms with E-state index in [9.17, 15) is 5.11 Å². The Labute approximate surface area is 105 Å². The third kappa shape index (κ3) is 4.50. The molecule has 1 atom stereocenters. The summed E-state index contributed by atoms with van der Waals surface area (Å²) in [4.78, 5) is 0. The predicted molar refractivity (Wildman–Crippen MR) is 71.0 cm³/mol. The lowest BCUT2D eigenvalue weighted by atomic mass is 10.0. The van der Waals surface area contributed by atoms with Crippen LogP contribution in [-0.2, 0) is 6.42 Å². The zero-order chi connectivity index (χ0) is 12.8. The van der Waals surface area contributed by atoms with Crippen molar-refractivity contribution < 1.29 is 5.11 Å². The molecule has 0 radical (unpaired) electrons. The van der Waals surface area contributed by atoms with E-state index in [1.807, 2.05) is 16.9 Å². The van der Waals surface area contributed by atoms with Crippen molar-refractivity contribution in [2.24, 2.45) is 5.92 Å². The molecule has 0 saturated heterocycles. The van der Waals surface area contributed by atoms with Gasteiger partial charge < -0.3 is 5.11 Å². The van der Waals surface area contributed by atoms with Gasteiger partial charge in [-0.2, -0.15) is 5.10 Å². The molecule has 0 aliphatic rings. The zero-order valence-electron chi connectivity index (χ0n) is 11.6. The molecule has 3 nitrogen and oxygen atoms in total. The number of hydrogen-bond acceptors (Lipinski definition) is 2. The molecule has 0 amide bonds. The molecule has 0 aliphatic heterocycles. The Bertz CT molecular complexity index is 316. The number of nitrogens with zero attached hydrogens (tertiary/aromatic N) is 2. The van der Waals surface area contributed by atoms with Crippen LogP contribution in [0.5, 0.6) is 0 Å². The van der Waals surface area contributed by atoms with E-state index in [1.54, 1.807) is 0 Å². The van der Waals surface area contributed by atoms with Gasteiger partial charge in [-0.3, -0.25) is 4.68 Å². The van der Waals surface area contributed by atoms with E-state index in [0.717, 1.165) is 25.0 Å². The van der Waals surface area contributed by atoms with Gasteiger partial charge in [-0.15, -0.1) is 0 Å². The standard InChI is InChI=1S/C14H26N2O/c1-5-13(6-2)16-8-7-12(15-16)10-14(17)9-11(3)4/h7-8,11,13-14,17H,5-6,9-10H2,1-4H3. The van der Waals surface area contributed by atoms with Gasteiger partial charge in [0.25, 0.3) is 0 Å². The highest BCUT2D eigenvalue weighted by Crippen LogP contribution is 2.16. The summed E-state index contributed by atoms with van der Waals surface area (Å²) in [6.45, 7) is 8.63. The van der Waals surface area contributed by atoms with E-state index in [1.165, 1.54) is 0 Å². The molecule has 98 valence electrons. The molecule has 0 aromatic carbocycles. The molecule has 0 aliphatic carbocycles. The van der Waals surface area contributed by atoms with Crippen molar-refractivity contribution in [3.8, 4) is 0 Å². The molecule has 3 heteroatoms. The molecule has 1 aromatic heterocycles. The van der Waals surface area contributed by atoms with Crippen LogP contribution in [0.25, 0.3) is 0 Å². The van der Waals surface area contributed by atoms with Gasteiger partial charge in [0.15, 0.2) is 0 Å². The van der Waals surface area contributed by atoms with Crippen LogP contribution in [0.1, 0.15) is 58.7 Å². The first-order valence-corrected chi connectivity index (χ1v) is 6.78. The second-order valence-corrected chi connectivity index (χ2v) is 5.24. The average Bonchev–Trinajstić information content (AvgIpc) is 2.67. The quantitative estimate of drug-likeness (QED) is 0.792. The summed E-state index contributed by atoms with van der Waals surface area (Å²) in [5.74, 6) is 0.533. The number of rotatable bonds is 7. The van der Waals surface area contributed by atoms with Gasteiger partial charge in [-0.1, -0.05) is 27.7 Å². The van der Waals surface area contributed by atoms with E-state index in [2.05, 4.69) is 32.8 Å². The van der Waals surface area contributed by atoms with E-state index >= 15 is 0 Å². The summed E-state index contributed by atoms with van der Waals surface area (Å²) in [5.41, 5.74) is 1.00. The normalized spacial score (nSPS) is 13.6. The fourth-order valence-electron chi connectivity index (χ4n) is 2.22. The Kier molecular flexibility index (Phi) is 5.69. The molecule has 1 N–H and O–H groups in total. The lowest BCUT2D eigenvalue weighted by molar-refractivity contribution is 0.147. The van der Waals surface area contributed by atoms with E-state index in [4.69, 9.17) is 0 Å².